The zero-order chi connectivity index (χ0) is 13.8. The van der Waals surface area contributed by atoms with Crippen molar-refractivity contribution in [2.24, 2.45) is 5.41 Å². The maximum Gasteiger partial charge on any atom is 0.313 e. The third-order valence-electron chi connectivity index (χ3n) is 2.56. The van der Waals surface area contributed by atoms with Crippen molar-refractivity contribution in [1.29, 1.82) is 5.26 Å². The Bertz CT molecular complexity index is 492. The van der Waals surface area contributed by atoms with E-state index in [-0.39, 0.29) is 11.5 Å². The fraction of sp³-hybridized carbons (Fsp3) is 0.385. The van der Waals surface area contributed by atoms with E-state index >= 15 is 0 Å². The summed E-state index contributed by atoms with van der Waals surface area (Å²) in [7, 11) is 1.32. The number of hydrogen-bond acceptors (Lipinski definition) is 4. The maximum atomic E-state index is 12.9. The number of carbonyl (C=O) groups excluding carboxylic acids is 1. The van der Waals surface area contributed by atoms with Gasteiger partial charge in [-0.25, -0.2) is 4.39 Å². The highest BCUT2D eigenvalue weighted by atomic mass is 19.1. The van der Waals surface area contributed by atoms with E-state index in [0.717, 1.165) is 6.07 Å². The molecule has 18 heavy (non-hydrogen) atoms. The molecule has 0 aliphatic carbocycles. The molecular weight excluding hydrogens is 235 g/mol. The minimum Gasteiger partial charge on any atom is -0.469 e. The van der Waals surface area contributed by atoms with Crippen LogP contribution in [0.1, 0.15) is 19.4 Å². The largest absolute Gasteiger partial charge is 0.469 e. The van der Waals surface area contributed by atoms with E-state index in [2.05, 4.69) is 10.1 Å². The van der Waals surface area contributed by atoms with Gasteiger partial charge in [0.25, 0.3) is 0 Å². The number of carbonyl (C=O) groups is 1. The number of halogens is 1. The minimum absolute atomic E-state index is 0.204. The first-order valence-corrected chi connectivity index (χ1v) is 5.42. The summed E-state index contributed by atoms with van der Waals surface area (Å²) in [5, 5.41) is 11.8. The van der Waals surface area contributed by atoms with Gasteiger partial charge in [0.1, 0.15) is 11.9 Å². The molecule has 0 saturated carbocycles. The zero-order valence-corrected chi connectivity index (χ0v) is 10.6. The fourth-order valence-electron chi connectivity index (χ4n) is 1.43. The van der Waals surface area contributed by atoms with Crippen LogP contribution < -0.4 is 5.32 Å². The van der Waals surface area contributed by atoms with Crippen LogP contribution in [0.2, 0.25) is 0 Å². The molecule has 0 fully saturated rings. The van der Waals surface area contributed by atoms with Crippen LogP contribution in [0.4, 0.5) is 10.1 Å². The quantitative estimate of drug-likeness (QED) is 0.833. The Kier molecular flexibility index (Phi) is 4.27. The van der Waals surface area contributed by atoms with E-state index < -0.39 is 11.2 Å². The lowest BCUT2D eigenvalue weighted by Crippen LogP contribution is -2.33. The smallest absolute Gasteiger partial charge is 0.313 e. The summed E-state index contributed by atoms with van der Waals surface area (Å²) in [5.74, 6) is -0.819. The molecule has 1 rings (SSSR count). The Balaban J connectivity index is 2.81. The van der Waals surface area contributed by atoms with E-state index in [0.29, 0.717) is 12.2 Å². The molecule has 0 spiro atoms. The summed E-state index contributed by atoms with van der Waals surface area (Å²) in [6, 6.07) is 5.78. The van der Waals surface area contributed by atoms with Crippen molar-refractivity contribution in [2.45, 2.75) is 13.8 Å². The minimum atomic E-state index is -0.726. The molecule has 0 heterocycles. The van der Waals surface area contributed by atoms with E-state index in [1.54, 1.807) is 13.8 Å². The molecule has 1 N–H and O–H groups in total. The van der Waals surface area contributed by atoms with Gasteiger partial charge in [-0.15, -0.1) is 0 Å². The third kappa shape index (κ3) is 3.20. The van der Waals surface area contributed by atoms with Gasteiger partial charge >= 0.3 is 5.97 Å². The molecule has 0 unspecified atom stereocenters. The second-order valence-corrected chi connectivity index (χ2v) is 4.53. The number of ether oxygens (including phenoxy) is 1. The van der Waals surface area contributed by atoms with Crippen molar-refractivity contribution in [3.8, 4) is 6.07 Å². The Labute approximate surface area is 105 Å². The van der Waals surface area contributed by atoms with Crippen molar-refractivity contribution in [3.05, 3.63) is 29.6 Å². The number of hydrogen-bond donors (Lipinski definition) is 1. The summed E-state index contributed by atoms with van der Waals surface area (Å²) in [6.07, 6.45) is 0. The van der Waals surface area contributed by atoms with Gasteiger partial charge in [-0.1, -0.05) is 0 Å². The highest BCUT2D eigenvalue weighted by Crippen LogP contribution is 2.21. The van der Waals surface area contributed by atoms with Crippen LogP contribution >= 0.6 is 0 Å². The van der Waals surface area contributed by atoms with Crippen LogP contribution in [0.5, 0.6) is 0 Å². The Hall–Kier alpha value is -2.09. The average Bonchev–Trinajstić information content (AvgIpc) is 2.36. The monoisotopic (exact) mass is 250 g/mol. The van der Waals surface area contributed by atoms with E-state index in [9.17, 15) is 9.18 Å². The van der Waals surface area contributed by atoms with Gasteiger partial charge < -0.3 is 10.1 Å². The van der Waals surface area contributed by atoms with Gasteiger partial charge in [0, 0.05) is 6.54 Å². The molecule has 0 aliphatic rings. The molecule has 4 nitrogen and oxygen atoms in total. The first-order valence-electron chi connectivity index (χ1n) is 5.42. The number of methoxy groups -OCH3 is 1. The van der Waals surface area contributed by atoms with Crippen molar-refractivity contribution in [1.82, 2.24) is 0 Å². The Morgan fingerprint density at radius 3 is 2.78 bits per heavy atom. The molecule has 1 aromatic carbocycles. The lowest BCUT2D eigenvalue weighted by Gasteiger charge is -2.22. The van der Waals surface area contributed by atoms with Gasteiger partial charge in [0.2, 0.25) is 0 Å². The van der Waals surface area contributed by atoms with Crippen molar-refractivity contribution in [2.75, 3.05) is 19.0 Å². The topological polar surface area (TPSA) is 62.1 Å². The average molecular weight is 250 g/mol. The number of nitrogens with zero attached hydrogens (tertiary/aromatic N) is 1. The predicted octanol–water partition coefficient (Wildman–Crippen LogP) is 2.31. The van der Waals surface area contributed by atoms with Crippen LogP contribution in [-0.2, 0) is 9.53 Å². The summed E-state index contributed by atoms with van der Waals surface area (Å²) in [5.41, 5.74) is -0.0258. The molecule has 0 saturated heterocycles. The normalized spacial score (nSPS) is 10.6. The summed E-state index contributed by atoms with van der Waals surface area (Å²) in [4.78, 5) is 11.5. The Morgan fingerprint density at radius 1 is 1.56 bits per heavy atom. The van der Waals surface area contributed by atoms with Gasteiger partial charge in [0.05, 0.1) is 23.8 Å². The first-order chi connectivity index (χ1) is 8.40. The van der Waals surface area contributed by atoms with E-state index in [4.69, 9.17) is 5.26 Å². The standard InChI is InChI=1S/C13H15FN2O2/c1-13(2,12(17)18-3)8-16-11-5-4-10(14)6-9(11)7-15/h4-6,16H,8H2,1-3H3. The second kappa shape index (κ2) is 5.50. The highest BCUT2D eigenvalue weighted by Gasteiger charge is 2.28. The number of benzene rings is 1. The predicted molar refractivity (Wildman–Crippen MR) is 65.4 cm³/mol. The lowest BCUT2D eigenvalue weighted by atomic mass is 9.93. The van der Waals surface area contributed by atoms with Gasteiger partial charge in [-0.3, -0.25) is 4.79 Å². The molecule has 0 aliphatic heterocycles. The third-order valence-corrected chi connectivity index (χ3v) is 2.56. The summed E-state index contributed by atoms with van der Waals surface area (Å²) in [6.45, 7) is 3.74. The van der Waals surface area contributed by atoms with Crippen molar-refractivity contribution in [3.63, 3.8) is 0 Å². The maximum absolute atomic E-state index is 12.9. The van der Waals surface area contributed by atoms with Gasteiger partial charge in [-0.2, -0.15) is 5.26 Å². The van der Waals surface area contributed by atoms with Crippen LogP contribution in [0.15, 0.2) is 18.2 Å². The second-order valence-electron chi connectivity index (χ2n) is 4.53. The number of rotatable bonds is 4. The summed E-state index contributed by atoms with van der Waals surface area (Å²) < 4.78 is 17.6. The summed E-state index contributed by atoms with van der Waals surface area (Å²) >= 11 is 0. The molecular formula is C13H15FN2O2. The lowest BCUT2D eigenvalue weighted by molar-refractivity contribution is -0.149. The van der Waals surface area contributed by atoms with Gasteiger partial charge in [0.15, 0.2) is 0 Å². The van der Waals surface area contributed by atoms with Crippen molar-refractivity contribution < 1.29 is 13.9 Å². The van der Waals surface area contributed by atoms with Crippen molar-refractivity contribution >= 4 is 11.7 Å². The van der Waals surface area contributed by atoms with E-state index in [1.165, 1.54) is 19.2 Å². The van der Waals surface area contributed by atoms with Crippen LogP contribution in [-0.4, -0.2) is 19.6 Å². The van der Waals surface area contributed by atoms with Crippen LogP contribution in [0.3, 0.4) is 0 Å². The number of nitriles is 1. The molecule has 0 radical (unpaired) electrons. The number of esters is 1. The SMILES string of the molecule is COC(=O)C(C)(C)CNc1ccc(F)cc1C#N. The molecule has 96 valence electrons. The number of nitrogens with one attached hydrogen (secondary N) is 1. The van der Waals surface area contributed by atoms with Crippen LogP contribution in [0.25, 0.3) is 0 Å². The molecule has 0 aromatic heterocycles. The molecule has 1 aromatic rings. The molecule has 5 heteroatoms. The molecule has 0 amide bonds. The molecule has 0 atom stereocenters. The van der Waals surface area contributed by atoms with Crippen LogP contribution in [0, 0.1) is 22.6 Å². The fourth-order valence-corrected chi connectivity index (χ4v) is 1.43. The Morgan fingerprint density at radius 2 is 2.22 bits per heavy atom. The van der Waals surface area contributed by atoms with Gasteiger partial charge in [-0.05, 0) is 32.0 Å². The van der Waals surface area contributed by atoms with E-state index in [1.807, 2.05) is 6.07 Å². The zero-order valence-electron chi connectivity index (χ0n) is 10.6. The molecule has 0 bridgehead atoms. The number of anilines is 1. The first kappa shape index (κ1) is 14.0. The highest BCUT2D eigenvalue weighted by molar-refractivity contribution is 5.76.